The Labute approximate surface area is 192 Å². The molecule has 0 radical (unpaired) electrons. The van der Waals surface area contributed by atoms with Crippen LogP contribution >= 0.6 is 0 Å². The average molecular weight is 438 g/mol. The Bertz CT molecular complexity index is 977. The van der Waals surface area contributed by atoms with Crippen LogP contribution in [-0.2, 0) is 12.8 Å². The quantitative estimate of drug-likeness (QED) is 0.529. The molecule has 3 aliphatic rings. The summed E-state index contributed by atoms with van der Waals surface area (Å²) in [5.74, 6) is 3.51. The lowest BCUT2D eigenvalue weighted by Crippen LogP contribution is -2.22. The van der Waals surface area contributed by atoms with E-state index >= 15 is 0 Å². The predicted octanol–water partition coefficient (Wildman–Crippen LogP) is 5.44. The van der Waals surface area contributed by atoms with Crippen LogP contribution in [0.25, 0.3) is 10.9 Å². The second-order valence-electron chi connectivity index (χ2n) is 11.0. The van der Waals surface area contributed by atoms with Gasteiger partial charge in [0.15, 0.2) is 11.5 Å². The van der Waals surface area contributed by atoms with Gasteiger partial charge >= 0.3 is 0 Å². The van der Waals surface area contributed by atoms with Crippen LogP contribution < -0.4 is 14.8 Å². The first-order chi connectivity index (χ1) is 15.4. The topological polar surface area (TPSA) is 46.6 Å². The van der Waals surface area contributed by atoms with Gasteiger partial charge in [-0.25, -0.2) is 4.98 Å². The Hall–Kier alpha value is -2.01. The Morgan fingerprint density at radius 3 is 2.59 bits per heavy atom. The van der Waals surface area contributed by atoms with Crippen molar-refractivity contribution in [1.29, 1.82) is 0 Å². The smallest absolute Gasteiger partial charge is 0.163 e. The lowest BCUT2D eigenvalue weighted by atomic mass is 9.90. The first-order valence-corrected chi connectivity index (χ1v) is 12.6. The molecule has 2 fully saturated rings. The fraction of sp³-hybridized carbons (Fsp3) is 0.667. The van der Waals surface area contributed by atoms with Crippen LogP contribution in [0.15, 0.2) is 12.1 Å². The van der Waals surface area contributed by atoms with Crippen molar-refractivity contribution in [1.82, 2.24) is 9.88 Å². The maximum absolute atomic E-state index is 6.21. The summed E-state index contributed by atoms with van der Waals surface area (Å²) in [6, 6.07) is 4.74. The lowest BCUT2D eigenvalue weighted by molar-refractivity contribution is 0.254. The molecule has 0 spiro atoms. The van der Waals surface area contributed by atoms with Gasteiger partial charge in [0.25, 0.3) is 0 Å². The molecule has 1 aliphatic heterocycles. The number of rotatable bonds is 9. The van der Waals surface area contributed by atoms with E-state index in [9.17, 15) is 0 Å². The molecule has 0 amide bonds. The van der Waals surface area contributed by atoms with Gasteiger partial charge in [0.1, 0.15) is 5.82 Å². The summed E-state index contributed by atoms with van der Waals surface area (Å²) in [6.07, 6.45) is 8.53. The molecule has 1 aromatic carbocycles. The number of hydrogen-bond donors (Lipinski definition) is 1. The van der Waals surface area contributed by atoms with Crippen molar-refractivity contribution in [3.8, 4) is 11.5 Å². The third kappa shape index (κ3) is 4.54. The second kappa shape index (κ2) is 8.74. The number of hydrogen-bond acceptors (Lipinski definition) is 5. The number of ether oxygens (including phenoxy) is 2. The average Bonchev–Trinajstić information content (AvgIpc) is 3.38. The minimum atomic E-state index is 0.259. The second-order valence-corrected chi connectivity index (χ2v) is 11.0. The van der Waals surface area contributed by atoms with Gasteiger partial charge in [0, 0.05) is 24.0 Å². The van der Waals surface area contributed by atoms with E-state index in [0.29, 0.717) is 12.6 Å². The van der Waals surface area contributed by atoms with E-state index in [2.05, 4.69) is 43.1 Å². The van der Waals surface area contributed by atoms with Gasteiger partial charge in [-0.15, -0.1) is 0 Å². The van der Waals surface area contributed by atoms with Crippen molar-refractivity contribution < 1.29 is 9.47 Å². The molecule has 32 heavy (non-hydrogen) atoms. The third-order valence-corrected chi connectivity index (χ3v) is 7.57. The summed E-state index contributed by atoms with van der Waals surface area (Å²) in [7, 11) is 1.74. The van der Waals surface area contributed by atoms with Crippen molar-refractivity contribution in [2.75, 3.05) is 38.7 Å². The van der Waals surface area contributed by atoms with Crippen LogP contribution in [0.4, 0.5) is 5.82 Å². The number of nitrogens with zero attached hydrogens (tertiary/aromatic N) is 2. The number of anilines is 1. The Morgan fingerprint density at radius 2 is 1.88 bits per heavy atom. The van der Waals surface area contributed by atoms with Gasteiger partial charge in [0.05, 0.1) is 19.2 Å². The van der Waals surface area contributed by atoms with E-state index in [4.69, 9.17) is 14.5 Å². The minimum Gasteiger partial charge on any atom is -0.493 e. The van der Waals surface area contributed by atoms with Gasteiger partial charge < -0.3 is 19.7 Å². The summed E-state index contributed by atoms with van der Waals surface area (Å²) in [4.78, 5) is 7.67. The zero-order chi connectivity index (χ0) is 22.3. The van der Waals surface area contributed by atoms with Crippen LogP contribution in [0.1, 0.15) is 64.0 Å². The van der Waals surface area contributed by atoms with Crippen LogP contribution in [0.3, 0.4) is 0 Å². The van der Waals surface area contributed by atoms with Crippen LogP contribution in [0.2, 0.25) is 0 Å². The zero-order valence-corrected chi connectivity index (χ0v) is 20.3. The first kappa shape index (κ1) is 21.8. The lowest BCUT2D eigenvalue weighted by Gasteiger charge is -2.19. The van der Waals surface area contributed by atoms with Crippen LogP contribution in [0.5, 0.6) is 11.5 Å². The maximum atomic E-state index is 6.21. The molecular formula is C27H39N3O2. The molecule has 1 saturated carbocycles. The molecule has 5 heteroatoms. The molecule has 1 atom stereocenters. The number of nitrogens with one attached hydrogen (secondary N) is 1. The predicted molar refractivity (Wildman–Crippen MR) is 131 cm³/mol. The summed E-state index contributed by atoms with van der Waals surface area (Å²) < 4.78 is 12.0. The van der Waals surface area contributed by atoms with Crippen molar-refractivity contribution >= 4 is 16.7 Å². The number of likely N-dealkylation sites (tertiary alicyclic amines) is 1. The minimum absolute atomic E-state index is 0.259. The first-order valence-electron chi connectivity index (χ1n) is 12.6. The molecule has 2 aromatic rings. The summed E-state index contributed by atoms with van der Waals surface area (Å²) in [5.41, 5.74) is 4.11. The molecule has 2 heterocycles. The highest BCUT2D eigenvalue weighted by Crippen LogP contribution is 2.45. The van der Waals surface area contributed by atoms with Gasteiger partial charge in [0.2, 0.25) is 0 Å². The standard InChI is InChI=1S/C27H39N3O2/c1-18(19-8-9-19)28-26-22-17-27(2,3)16-21(22)20-14-24(31-4)25(15-23(20)29-26)32-13-7-12-30-10-5-6-11-30/h14-15,18-19H,5-13,16-17H2,1-4H3,(H,28,29)/t18-/m0/s1. The summed E-state index contributed by atoms with van der Waals surface area (Å²) >= 11 is 0. The van der Waals surface area contributed by atoms with Crippen molar-refractivity contribution in [2.45, 2.75) is 71.8 Å². The maximum Gasteiger partial charge on any atom is 0.163 e. The Kier molecular flexibility index (Phi) is 5.96. The molecule has 174 valence electrons. The van der Waals surface area contributed by atoms with Crippen LogP contribution in [0, 0.1) is 11.3 Å². The van der Waals surface area contributed by atoms with Gasteiger partial charge in [-0.1, -0.05) is 13.8 Å². The van der Waals surface area contributed by atoms with Gasteiger partial charge in [-0.05, 0) is 93.5 Å². The third-order valence-electron chi connectivity index (χ3n) is 7.57. The number of methoxy groups -OCH3 is 1. The summed E-state index contributed by atoms with van der Waals surface area (Å²) in [6.45, 7) is 11.3. The van der Waals surface area contributed by atoms with E-state index in [1.807, 2.05) is 0 Å². The molecule has 1 N–H and O–H groups in total. The fourth-order valence-corrected chi connectivity index (χ4v) is 5.59. The van der Waals surface area contributed by atoms with E-state index < -0.39 is 0 Å². The zero-order valence-electron chi connectivity index (χ0n) is 20.3. The number of benzene rings is 1. The SMILES string of the molecule is COc1cc2c3c(c(N[C@@H](C)C4CC4)nc2cc1OCCCN1CCCC1)CC(C)(C)C3. The highest BCUT2D eigenvalue weighted by molar-refractivity contribution is 5.89. The number of aromatic nitrogens is 1. The molecule has 0 bridgehead atoms. The van der Waals surface area contributed by atoms with Crippen molar-refractivity contribution in [3.05, 3.63) is 23.3 Å². The largest absolute Gasteiger partial charge is 0.493 e. The molecule has 0 unspecified atom stereocenters. The molecule has 1 aromatic heterocycles. The molecule has 2 aliphatic carbocycles. The van der Waals surface area contributed by atoms with E-state index in [-0.39, 0.29) is 5.41 Å². The molecular weight excluding hydrogens is 398 g/mol. The van der Waals surface area contributed by atoms with E-state index in [0.717, 1.165) is 54.6 Å². The normalized spacial score (nSPS) is 21.0. The van der Waals surface area contributed by atoms with E-state index in [1.54, 1.807) is 7.11 Å². The number of fused-ring (bicyclic) bond motifs is 3. The molecule has 5 nitrogen and oxygen atoms in total. The van der Waals surface area contributed by atoms with E-state index in [1.165, 1.54) is 55.3 Å². The van der Waals surface area contributed by atoms with Crippen molar-refractivity contribution in [2.24, 2.45) is 11.3 Å². The van der Waals surface area contributed by atoms with Crippen molar-refractivity contribution in [3.63, 3.8) is 0 Å². The van der Waals surface area contributed by atoms with Gasteiger partial charge in [-0.2, -0.15) is 0 Å². The fourth-order valence-electron chi connectivity index (χ4n) is 5.59. The highest BCUT2D eigenvalue weighted by Gasteiger charge is 2.35. The monoisotopic (exact) mass is 437 g/mol. The Balaban J connectivity index is 1.42. The highest BCUT2D eigenvalue weighted by atomic mass is 16.5. The van der Waals surface area contributed by atoms with Gasteiger partial charge in [-0.3, -0.25) is 0 Å². The molecule has 5 rings (SSSR count). The Morgan fingerprint density at radius 1 is 1.12 bits per heavy atom. The van der Waals surface area contributed by atoms with Crippen LogP contribution in [-0.4, -0.2) is 49.3 Å². The molecule has 1 saturated heterocycles. The summed E-state index contributed by atoms with van der Waals surface area (Å²) in [5, 5.41) is 5.00. The number of pyridine rings is 1.